The Morgan fingerprint density at radius 1 is 0.878 bits per heavy atom. The number of rotatable bonds is 11. The van der Waals surface area contributed by atoms with E-state index in [9.17, 15) is 4.79 Å². The van der Waals surface area contributed by atoms with E-state index < -0.39 is 13.7 Å². The van der Waals surface area contributed by atoms with E-state index in [2.05, 4.69) is 87.5 Å². The fourth-order valence-electron chi connectivity index (χ4n) is 7.56. The Kier molecular flexibility index (Phi) is 8.98. The molecule has 5 heteroatoms. The molecule has 0 saturated heterocycles. The minimum atomic E-state index is -2.63. The molecule has 0 aromatic heterocycles. The van der Waals surface area contributed by atoms with Crippen LogP contribution in [0.3, 0.4) is 0 Å². The van der Waals surface area contributed by atoms with Gasteiger partial charge in [0, 0.05) is 25.0 Å². The molecule has 4 nitrogen and oxygen atoms in total. The lowest BCUT2D eigenvalue weighted by molar-refractivity contribution is -0.132. The maximum Gasteiger partial charge on any atom is 0.261 e. The second kappa shape index (κ2) is 12.5. The third-order valence-electron chi connectivity index (χ3n) is 9.45. The maximum atomic E-state index is 13.8. The van der Waals surface area contributed by atoms with Crippen LogP contribution in [0.4, 0.5) is 0 Å². The lowest BCUT2D eigenvalue weighted by Gasteiger charge is -2.44. The van der Waals surface area contributed by atoms with Crippen LogP contribution in [-0.4, -0.2) is 40.5 Å². The van der Waals surface area contributed by atoms with Crippen LogP contribution in [0.15, 0.2) is 103 Å². The molecule has 0 N–H and O–H groups in total. The van der Waals surface area contributed by atoms with Crippen LogP contribution in [0.5, 0.6) is 5.75 Å². The van der Waals surface area contributed by atoms with Gasteiger partial charge in [0.1, 0.15) is 5.75 Å². The minimum Gasteiger partial charge on any atom is -0.493 e. The Bertz CT molecular complexity index is 1260. The molecule has 0 heterocycles. The molecular weight excluding hydrogens is 524 g/mol. The highest BCUT2D eigenvalue weighted by molar-refractivity contribution is 6.99. The summed E-state index contributed by atoms with van der Waals surface area (Å²) >= 11 is 0. The first-order valence-corrected chi connectivity index (χ1v) is 16.9. The number of methoxy groups -OCH3 is 1. The van der Waals surface area contributed by atoms with Crippen LogP contribution in [0.1, 0.15) is 46.5 Å². The van der Waals surface area contributed by atoms with Crippen LogP contribution < -0.4 is 15.1 Å². The number of carbonyl (C=O) groups is 1. The average molecular weight is 569 g/mol. The van der Waals surface area contributed by atoms with Gasteiger partial charge in [-0.15, -0.1) is 0 Å². The monoisotopic (exact) mass is 568 g/mol. The van der Waals surface area contributed by atoms with Gasteiger partial charge >= 0.3 is 0 Å². The highest BCUT2D eigenvalue weighted by Crippen LogP contribution is 2.56. The molecule has 0 bridgehead atoms. The minimum absolute atomic E-state index is 0.00911. The number of hydrogen-bond donors (Lipinski definition) is 0. The number of para-hydroxylation sites is 1. The maximum absolute atomic E-state index is 13.8. The molecule has 0 unspecified atom stereocenters. The lowest BCUT2D eigenvalue weighted by Crippen LogP contribution is -2.66. The van der Waals surface area contributed by atoms with Crippen molar-refractivity contribution >= 4 is 24.5 Å². The predicted molar refractivity (Wildman–Crippen MR) is 168 cm³/mol. The van der Waals surface area contributed by atoms with E-state index >= 15 is 0 Å². The van der Waals surface area contributed by atoms with Gasteiger partial charge in [-0.1, -0.05) is 106 Å². The highest BCUT2D eigenvalue weighted by Gasteiger charge is 2.59. The van der Waals surface area contributed by atoms with Gasteiger partial charge in [-0.2, -0.15) is 0 Å². The molecule has 0 amide bonds. The fraction of sp³-hybridized carbons (Fsp3) is 0.417. The van der Waals surface area contributed by atoms with Crippen molar-refractivity contribution in [2.45, 2.75) is 57.6 Å². The summed E-state index contributed by atoms with van der Waals surface area (Å²) in [4.78, 5) is 13.8. The number of allylic oxidation sites excluding steroid dienone is 2. The Morgan fingerprint density at radius 3 is 2.02 bits per heavy atom. The normalized spacial score (nSPS) is 24.3. The summed E-state index contributed by atoms with van der Waals surface area (Å²) < 4.78 is 19.5. The van der Waals surface area contributed by atoms with Gasteiger partial charge in [-0.25, -0.2) is 0 Å². The van der Waals surface area contributed by atoms with Gasteiger partial charge in [0.15, 0.2) is 5.78 Å². The second-order valence-electron chi connectivity index (χ2n) is 12.6. The molecule has 3 aromatic rings. The van der Waals surface area contributed by atoms with Crippen molar-refractivity contribution < 1.29 is 18.7 Å². The van der Waals surface area contributed by atoms with Gasteiger partial charge in [0.25, 0.3) is 8.32 Å². The summed E-state index contributed by atoms with van der Waals surface area (Å²) in [6, 6.07) is 31.4. The first-order valence-electron chi connectivity index (χ1n) is 15.0. The zero-order valence-corrected chi connectivity index (χ0v) is 25.9. The van der Waals surface area contributed by atoms with E-state index in [4.69, 9.17) is 13.9 Å². The summed E-state index contributed by atoms with van der Waals surface area (Å²) in [6.07, 6.45) is 7.21. The first kappa shape index (κ1) is 29.5. The number of ketones is 1. The van der Waals surface area contributed by atoms with Crippen molar-refractivity contribution in [1.29, 1.82) is 0 Å². The molecule has 0 spiro atoms. The quantitative estimate of drug-likeness (QED) is 0.193. The summed E-state index contributed by atoms with van der Waals surface area (Å²) in [7, 11) is -0.861. The molecule has 41 heavy (non-hydrogen) atoms. The molecule has 3 aromatic carbocycles. The molecule has 0 radical (unpaired) electrons. The topological polar surface area (TPSA) is 44.8 Å². The molecule has 2 aliphatic rings. The van der Waals surface area contributed by atoms with E-state index in [0.29, 0.717) is 13.2 Å². The van der Waals surface area contributed by atoms with Gasteiger partial charge in [-0.3, -0.25) is 4.79 Å². The zero-order chi connectivity index (χ0) is 28.9. The van der Waals surface area contributed by atoms with E-state index in [1.165, 1.54) is 10.4 Å². The van der Waals surface area contributed by atoms with Crippen molar-refractivity contribution in [3.05, 3.63) is 103 Å². The van der Waals surface area contributed by atoms with Gasteiger partial charge < -0.3 is 13.9 Å². The largest absolute Gasteiger partial charge is 0.493 e. The van der Waals surface area contributed by atoms with Crippen LogP contribution in [0.25, 0.3) is 0 Å². The Morgan fingerprint density at radius 2 is 1.46 bits per heavy atom. The van der Waals surface area contributed by atoms with Crippen LogP contribution in [-0.2, 0) is 14.0 Å². The standard InChI is InChI=1S/C36H44O4Si/c1-35(2,3)41(30-19-10-6-11-20-30,31-21-12-7-13-22-31)40-25-15-24-36-28(16-14-23-34(36)37)26-33(38-4)32(36)27-39-29-17-8-5-9-18-29/h5-14,17-23,28,32-33H,15-16,24-27H2,1-4H3/t28-,32-,33+,36-/m0/s1. The van der Waals surface area contributed by atoms with Gasteiger partial charge in [-0.05, 0) is 65.2 Å². The lowest BCUT2D eigenvalue weighted by atomic mass is 9.63. The second-order valence-corrected chi connectivity index (χ2v) is 16.9. The Balaban J connectivity index is 1.41. The zero-order valence-electron chi connectivity index (χ0n) is 24.9. The van der Waals surface area contributed by atoms with Gasteiger partial charge in [0.2, 0.25) is 0 Å². The van der Waals surface area contributed by atoms with Crippen LogP contribution in [0, 0.1) is 17.3 Å². The molecule has 0 aliphatic heterocycles. The molecule has 2 aliphatic carbocycles. The highest BCUT2D eigenvalue weighted by atomic mass is 28.4. The number of carbonyl (C=O) groups excluding carboxylic acids is 1. The molecular formula is C36H44O4Si. The average Bonchev–Trinajstić information content (AvgIpc) is 3.31. The van der Waals surface area contributed by atoms with Crippen molar-refractivity contribution in [3.63, 3.8) is 0 Å². The summed E-state index contributed by atoms with van der Waals surface area (Å²) in [5.41, 5.74) is -0.501. The molecule has 1 saturated carbocycles. The smallest absolute Gasteiger partial charge is 0.261 e. The van der Waals surface area contributed by atoms with Crippen LogP contribution >= 0.6 is 0 Å². The first-order chi connectivity index (χ1) is 19.8. The Hall–Kier alpha value is -2.99. The number of fused-ring (bicyclic) bond motifs is 1. The summed E-state index contributed by atoms with van der Waals surface area (Å²) in [5.74, 6) is 1.29. The predicted octanol–water partition coefficient (Wildman–Crippen LogP) is 6.59. The molecule has 4 atom stereocenters. The molecule has 1 fully saturated rings. The van der Waals surface area contributed by atoms with E-state index in [0.717, 1.165) is 31.4 Å². The van der Waals surface area contributed by atoms with Gasteiger partial charge in [0.05, 0.1) is 12.7 Å². The van der Waals surface area contributed by atoms with Crippen LogP contribution in [0.2, 0.25) is 5.04 Å². The summed E-state index contributed by atoms with van der Waals surface area (Å²) in [6.45, 7) is 7.98. The molecule has 216 valence electrons. The fourth-order valence-corrected chi connectivity index (χ4v) is 12.2. The van der Waals surface area contributed by atoms with Crippen molar-refractivity contribution in [1.82, 2.24) is 0 Å². The summed E-state index contributed by atoms with van der Waals surface area (Å²) in [5, 5.41) is 2.47. The number of ether oxygens (including phenoxy) is 2. The third-order valence-corrected chi connectivity index (χ3v) is 14.5. The third kappa shape index (κ3) is 5.60. The number of hydrogen-bond acceptors (Lipinski definition) is 4. The van der Waals surface area contributed by atoms with E-state index in [-0.39, 0.29) is 28.8 Å². The van der Waals surface area contributed by atoms with Crippen molar-refractivity contribution in [2.24, 2.45) is 17.3 Å². The number of benzene rings is 3. The SMILES string of the molecule is CO[C@@H]1C[C@@H]2CC=CC(=O)[C@]2(CCCO[Si](c2ccccc2)(c2ccccc2)C(C)(C)C)[C@H]1COc1ccccc1. The van der Waals surface area contributed by atoms with E-state index in [1.54, 1.807) is 7.11 Å². The van der Waals surface area contributed by atoms with E-state index in [1.807, 2.05) is 36.4 Å². The molecule has 5 rings (SSSR count). The Labute approximate surface area is 246 Å². The van der Waals surface area contributed by atoms with Crippen molar-refractivity contribution in [3.8, 4) is 5.75 Å². The van der Waals surface area contributed by atoms with Crippen molar-refractivity contribution in [2.75, 3.05) is 20.3 Å².